The second-order valence-electron chi connectivity index (χ2n) is 6.17. The summed E-state index contributed by atoms with van der Waals surface area (Å²) < 4.78 is 17.7. The number of ether oxygens (including phenoxy) is 1. The average molecular weight is 346 g/mol. The Morgan fingerprint density at radius 3 is 2.68 bits per heavy atom. The van der Waals surface area contributed by atoms with Gasteiger partial charge in [-0.15, -0.1) is 0 Å². The summed E-state index contributed by atoms with van der Waals surface area (Å²) >= 11 is 5.72. The Balaban J connectivity index is 2.00. The Bertz CT molecular complexity index is 559. The lowest BCUT2D eigenvalue weighted by Gasteiger charge is -2.28. The molecule has 0 spiro atoms. The van der Waals surface area contributed by atoms with Crippen LogP contribution in [-0.2, 0) is 15.5 Å². The van der Waals surface area contributed by atoms with E-state index in [1.54, 1.807) is 4.90 Å². The summed E-state index contributed by atoms with van der Waals surface area (Å²) in [6.07, 6.45) is 4.16. The maximum Gasteiger partial charge on any atom is 0.410 e. The molecule has 2 atom stereocenters. The van der Waals surface area contributed by atoms with Crippen LogP contribution in [0.25, 0.3) is 0 Å². The van der Waals surface area contributed by atoms with E-state index in [0.29, 0.717) is 17.3 Å². The summed E-state index contributed by atoms with van der Waals surface area (Å²) in [6, 6.07) is -0.116. The first-order chi connectivity index (χ1) is 10.3. The van der Waals surface area contributed by atoms with Gasteiger partial charge in [-0.25, -0.2) is 14.8 Å². The normalized spacial score (nSPS) is 20.0. The fourth-order valence-electron chi connectivity index (χ4n) is 2.24. The molecular weight excluding hydrogens is 326 g/mol. The van der Waals surface area contributed by atoms with Gasteiger partial charge in [0.05, 0.1) is 34.0 Å². The minimum absolute atomic E-state index is 0.116. The van der Waals surface area contributed by atoms with Crippen molar-refractivity contribution in [1.29, 1.82) is 0 Å². The largest absolute Gasteiger partial charge is 0.444 e. The Hall–Kier alpha value is -1.21. The fraction of sp³-hybridized carbons (Fsp3) is 0.643. The topological polar surface area (TPSA) is 72.4 Å². The SMILES string of the molecule is CC(C)(C)OC(=O)N1CCC[C@H]1C[S@@](=O)c1ncc(Cl)cn1. The molecule has 6 nitrogen and oxygen atoms in total. The Morgan fingerprint density at radius 2 is 2.09 bits per heavy atom. The van der Waals surface area contributed by atoms with Gasteiger partial charge in [0.15, 0.2) is 0 Å². The van der Waals surface area contributed by atoms with E-state index in [4.69, 9.17) is 16.3 Å². The van der Waals surface area contributed by atoms with Gasteiger partial charge in [-0.05, 0) is 33.6 Å². The summed E-state index contributed by atoms with van der Waals surface area (Å²) in [5, 5.41) is 0.637. The maximum absolute atomic E-state index is 12.3. The smallest absolute Gasteiger partial charge is 0.410 e. The number of carbonyl (C=O) groups is 1. The molecular formula is C14H20ClN3O3S. The van der Waals surface area contributed by atoms with Gasteiger partial charge >= 0.3 is 6.09 Å². The molecule has 1 aliphatic rings. The molecule has 8 heteroatoms. The number of likely N-dealkylation sites (tertiary alicyclic amines) is 1. The lowest BCUT2D eigenvalue weighted by molar-refractivity contribution is 0.0241. The van der Waals surface area contributed by atoms with Crippen LogP contribution in [0.5, 0.6) is 0 Å². The number of rotatable bonds is 3. The van der Waals surface area contributed by atoms with Crippen molar-refractivity contribution < 1.29 is 13.7 Å². The number of aromatic nitrogens is 2. The van der Waals surface area contributed by atoms with Crippen molar-refractivity contribution in [2.24, 2.45) is 0 Å². The molecule has 1 saturated heterocycles. The predicted molar refractivity (Wildman–Crippen MR) is 84.3 cm³/mol. The molecule has 0 unspecified atom stereocenters. The zero-order chi connectivity index (χ0) is 16.3. The molecule has 22 heavy (non-hydrogen) atoms. The monoisotopic (exact) mass is 345 g/mol. The van der Waals surface area contributed by atoms with Gasteiger partial charge in [-0.2, -0.15) is 0 Å². The molecule has 2 rings (SSSR count). The van der Waals surface area contributed by atoms with Crippen LogP contribution in [0.15, 0.2) is 17.6 Å². The molecule has 2 heterocycles. The second-order valence-corrected chi connectivity index (χ2v) is 7.99. The molecule has 0 saturated carbocycles. The van der Waals surface area contributed by atoms with Crippen molar-refractivity contribution in [2.75, 3.05) is 12.3 Å². The minimum Gasteiger partial charge on any atom is -0.444 e. The van der Waals surface area contributed by atoms with Crippen LogP contribution in [0.1, 0.15) is 33.6 Å². The highest BCUT2D eigenvalue weighted by atomic mass is 35.5. The molecule has 1 aromatic heterocycles. The van der Waals surface area contributed by atoms with Crippen LogP contribution in [0.4, 0.5) is 4.79 Å². The highest BCUT2D eigenvalue weighted by molar-refractivity contribution is 7.84. The number of hydrogen-bond donors (Lipinski definition) is 0. The van der Waals surface area contributed by atoms with Crippen LogP contribution < -0.4 is 0 Å². The van der Waals surface area contributed by atoms with Crippen LogP contribution in [0.3, 0.4) is 0 Å². The summed E-state index contributed by atoms with van der Waals surface area (Å²) in [6.45, 7) is 6.11. The first-order valence-corrected chi connectivity index (χ1v) is 8.81. The zero-order valence-electron chi connectivity index (χ0n) is 12.9. The Kier molecular flexibility index (Phi) is 5.39. The van der Waals surface area contributed by atoms with Gasteiger partial charge in [0.25, 0.3) is 0 Å². The molecule has 1 amide bonds. The van der Waals surface area contributed by atoms with E-state index < -0.39 is 16.4 Å². The van der Waals surface area contributed by atoms with E-state index >= 15 is 0 Å². The van der Waals surface area contributed by atoms with Crippen molar-refractivity contribution in [3.63, 3.8) is 0 Å². The van der Waals surface area contributed by atoms with Crippen molar-refractivity contribution in [2.45, 2.75) is 50.4 Å². The molecule has 0 bridgehead atoms. The number of halogens is 1. The lowest BCUT2D eigenvalue weighted by atomic mass is 10.2. The molecule has 0 N–H and O–H groups in total. The van der Waals surface area contributed by atoms with Gasteiger partial charge in [0, 0.05) is 12.6 Å². The lowest BCUT2D eigenvalue weighted by Crippen LogP contribution is -2.42. The third-order valence-corrected chi connectivity index (χ3v) is 4.65. The first-order valence-electron chi connectivity index (χ1n) is 7.12. The van der Waals surface area contributed by atoms with Crippen LogP contribution in [0.2, 0.25) is 5.02 Å². The Labute approximate surface area is 137 Å². The maximum atomic E-state index is 12.3. The molecule has 0 aromatic carbocycles. The Morgan fingerprint density at radius 1 is 1.45 bits per heavy atom. The number of nitrogens with zero attached hydrogens (tertiary/aromatic N) is 3. The van der Waals surface area contributed by atoms with Crippen molar-refractivity contribution >= 4 is 28.5 Å². The van der Waals surface area contributed by atoms with Crippen LogP contribution in [-0.4, -0.2) is 49.1 Å². The van der Waals surface area contributed by atoms with Crippen molar-refractivity contribution in [1.82, 2.24) is 14.9 Å². The fourth-order valence-corrected chi connectivity index (χ4v) is 3.52. The summed E-state index contributed by atoms with van der Waals surface area (Å²) in [7, 11) is -1.37. The van der Waals surface area contributed by atoms with E-state index in [-0.39, 0.29) is 17.3 Å². The molecule has 1 aliphatic heterocycles. The number of amides is 1. The van der Waals surface area contributed by atoms with E-state index in [0.717, 1.165) is 12.8 Å². The van der Waals surface area contributed by atoms with Gasteiger partial charge in [0.2, 0.25) is 5.16 Å². The summed E-state index contributed by atoms with van der Waals surface area (Å²) in [5.41, 5.74) is -0.539. The van der Waals surface area contributed by atoms with Crippen LogP contribution >= 0.6 is 11.6 Å². The number of carbonyl (C=O) groups excluding carboxylic acids is 1. The molecule has 0 aliphatic carbocycles. The quantitative estimate of drug-likeness (QED) is 0.787. The number of hydrogen-bond acceptors (Lipinski definition) is 5. The van der Waals surface area contributed by atoms with E-state index in [9.17, 15) is 9.00 Å². The van der Waals surface area contributed by atoms with Gasteiger partial charge < -0.3 is 9.64 Å². The summed E-state index contributed by atoms with van der Waals surface area (Å²) in [5.74, 6) is 0.306. The van der Waals surface area contributed by atoms with Gasteiger partial charge in [-0.1, -0.05) is 11.6 Å². The van der Waals surface area contributed by atoms with E-state index in [2.05, 4.69) is 9.97 Å². The van der Waals surface area contributed by atoms with Crippen molar-refractivity contribution in [3.05, 3.63) is 17.4 Å². The third kappa shape index (κ3) is 4.64. The molecule has 122 valence electrons. The minimum atomic E-state index is -1.37. The third-order valence-electron chi connectivity index (χ3n) is 3.15. The summed E-state index contributed by atoms with van der Waals surface area (Å²) in [4.78, 5) is 21.8. The van der Waals surface area contributed by atoms with E-state index in [1.807, 2.05) is 20.8 Å². The van der Waals surface area contributed by atoms with Crippen molar-refractivity contribution in [3.8, 4) is 0 Å². The molecule has 1 aromatic rings. The van der Waals surface area contributed by atoms with Gasteiger partial charge in [-0.3, -0.25) is 4.21 Å². The zero-order valence-corrected chi connectivity index (χ0v) is 14.5. The average Bonchev–Trinajstić information content (AvgIpc) is 2.85. The first kappa shape index (κ1) is 17.1. The van der Waals surface area contributed by atoms with Gasteiger partial charge in [0.1, 0.15) is 5.60 Å². The van der Waals surface area contributed by atoms with E-state index in [1.165, 1.54) is 12.4 Å². The highest BCUT2D eigenvalue weighted by Gasteiger charge is 2.33. The second kappa shape index (κ2) is 6.91. The standard InChI is InChI=1S/C14H20ClN3O3S/c1-14(2,3)21-13(19)18-6-4-5-11(18)9-22(20)12-16-7-10(15)8-17-12/h7-8,11H,4-6,9H2,1-3H3/t11-,22+/m0/s1. The molecule has 1 fully saturated rings. The predicted octanol–water partition coefficient (Wildman–Crippen LogP) is 2.64. The molecule has 0 radical (unpaired) electrons. The van der Waals surface area contributed by atoms with Crippen LogP contribution in [0, 0.1) is 0 Å². The highest BCUT2D eigenvalue weighted by Crippen LogP contribution is 2.22.